The summed E-state index contributed by atoms with van der Waals surface area (Å²) in [5, 5.41) is 0. The molecule has 0 N–H and O–H groups in total. The minimum absolute atomic E-state index is 0.203. The van der Waals surface area contributed by atoms with Crippen LogP contribution in [0, 0.1) is 70.5 Å². The topological polar surface area (TPSA) is 17.1 Å². The number of rotatable bonds is 1. The molecule has 3 saturated carbocycles. The number of carbonyl (C=O) groups excluding carboxylic acids is 1. The normalized spacial score (nSPS) is 53.9. The number of Topliss-reactive ketones (excluding diaryl/α,β-unsaturated/α-hetero) is 1. The lowest BCUT2D eigenvalue weighted by Gasteiger charge is -2.61. The van der Waals surface area contributed by atoms with Crippen molar-refractivity contribution in [3.63, 3.8) is 0 Å². The molecule has 11 atom stereocenters. The molecule has 0 amide bonds. The van der Waals surface area contributed by atoms with E-state index in [1.54, 1.807) is 5.57 Å². The van der Waals surface area contributed by atoms with Gasteiger partial charge in [0.2, 0.25) is 0 Å². The quantitative estimate of drug-likeness (QED) is 0.474. The van der Waals surface area contributed by atoms with Gasteiger partial charge < -0.3 is 0 Å². The smallest absolute Gasteiger partial charge is 0.161 e. The standard InChI is InChI=1S/C27H44O/c1-13(2)25-15(4)11-21-22-14(3)10-20-19(8)26(28)18(7)17(6)24(20)23(22)16(5)12-27(21,25)9/h13-18,21-25H,10-12H2,1-9H3/t14-,15?,16?,17?,18?,21?,22?,23?,24?,25+,27?/m1/s1. The van der Waals surface area contributed by atoms with Gasteiger partial charge in [0.15, 0.2) is 5.78 Å². The van der Waals surface area contributed by atoms with Crippen molar-refractivity contribution < 1.29 is 4.79 Å². The van der Waals surface area contributed by atoms with Crippen molar-refractivity contribution in [2.24, 2.45) is 70.5 Å². The molecule has 0 aliphatic heterocycles. The van der Waals surface area contributed by atoms with E-state index in [9.17, 15) is 4.79 Å². The maximum absolute atomic E-state index is 12.9. The molecule has 0 aromatic carbocycles. The van der Waals surface area contributed by atoms with Gasteiger partial charge in [-0.1, -0.05) is 61.0 Å². The van der Waals surface area contributed by atoms with Gasteiger partial charge in [-0.15, -0.1) is 0 Å². The molecule has 158 valence electrons. The van der Waals surface area contributed by atoms with E-state index in [2.05, 4.69) is 62.3 Å². The fourth-order valence-electron chi connectivity index (χ4n) is 9.83. The average molecular weight is 385 g/mol. The number of allylic oxidation sites excluding steroid dienone is 1. The van der Waals surface area contributed by atoms with Gasteiger partial charge in [-0.05, 0) is 96.4 Å². The van der Waals surface area contributed by atoms with Crippen molar-refractivity contribution >= 4 is 5.78 Å². The van der Waals surface area contributed by atoms with Crippen LogP contribution in [-0.4, -0.2) is 5.78 Å². The van der Waals surface area contributed by atoms with Crippen LogP contribution in [0.5, 0.6) is 0 Å². The van der Waals surface area contributed by atoms with Gasteiger partial charge in [0.05, 0.1) is 0 Å². The van der Waals surface area contributed by atoms with Crippen molar-refractivity contribution in [1.82, 2.24) is 0 Å². The van der Waals surface area contributed by atoms with Crippen LogP contribution in [0.25, 0.3) is 0 Å². The van der Waals surface area contributed by atoms with Gasteiger partial charge in [0.1, 0.15) is 0 Å². The maximum Gasteiger partial charge on any atom is 0.161 e. The summed E-state index contributed by atoms with van der Waals surface area (Å²) in [5.41, 5.74) is 3.21. The molecule has 4 aliphatic carbocycles. The summed E-state index contributed by atoms with van der Waals surface area (Å²) in [6.45, 7) is 22.0. The molecule has 0 saturated heterocycles. The number of ketones is 1. The first-order chi connectivity index (χ1) is 13.0. The lowest BCUT2D eigenvalue weighted by atomic mass is 9.44. The van der Waals surface area contributed by atoms with E-state index in [1.807, 2.05) is 0 Å². The molecule has 4 rings (SSSR count). The van der Waals surface area contributed by atoms with E-state index in [-0.39, 0.29) is 5.92 Å². The second-order valence-electron chi connectivity index (χ2n) is 12.3. The van der Waals surface area contributed by atoms with Crippen molar-refractivity contribution in [3.05, 3.63) is 11.1 Å². The van der Waals surface area contributed by atoms with E-state index in [0.29, 0.717) is 23.0 Å². The van der Waals surface area contributed by atoms with Crippen molar-refractivity contribution in [2.45, 2.75) is 81.6 Å². The lowest BCUT2D eigenvalue weighted by molar-refractivity contribution is -0.127. The summed E-state index contributed by atoms with van der Waals surface area (Å²) >= 11 is 0. The molecule has 0 aromatic rings. The van der Waals surface area contributed by atoms with Crippen molar-refractivity contribution in [1.29, 1.82) is 0 Å². The first kappa shape index (κ1) is 20.7. The second kappa shape index (κ2) is 6.71. The Kier molecular flexibility index (Phi) is 4.95. The third kappa shape index (κ3) is 2.59. The van der Waals surface area contributed by atoms with Gasteiger partial charge in [0.25, 0.3) is 0 Å². The number of hydrogen-bond acceptors (Lipinski definition) is 1. The van der Waals surface area contributed by atoms with E-state index in [4.69, 9.17) is 0 Å². The highest BCUT2D eigenvalue weighted by Gasteiger charge is 2.63. The second-order valence-corrected chi connectivity index (χ2v) is 12.3. The molecule has 3 fully saturated rings. The molecular formula is C27H44O. The third-order valence-electron chi connectivity index (χ3n) is 10.5. The Morgan fingerprint density at radius 3 is 2.21 bits per heavy atom. The molecule has 0 bridgehead atoms. The van der Waals surface area contributed by atoms with Gasteiger partial charge in [-0.25, -0.2) is 0 Å². The van der Waals surface area contributed by atoms with Gasteiger partial charge in [0, 0.05) is 5.92 Å². The summed E-state index contributed by atoms with van der Waals surface area (Å²) < 4.78 is 0. The first-order valence-electron chi connectivity index (χ1n) is 12.2. The molecule has 1 heteroatoms. The minimum atomic E-state index is 0.203. The van der Waals surface area contributed by atoms with E-state index in [0.717, 1.165) is 52.9 Å². The van der Waals surface area contributed by atoms with Crippen LogP contribution in [0.15, 0.2) is 11.1 Å². The number of carbonyl (C=O) groups is 1. The highest BCUT2D eigenvalue weighted by molar-refractivity contribution is 5.98. The Hall–Kier alpha value is -0.590. The van der Waals surface area contributed by atoms with Crippen LogP contribution in [-0.2, 0) is 4.79 Å². The minimum Gasteiger partial charge on any atom is -0.294 e. The molecule has 1 nitrogen and oxygen atoms in total. The van der Waals surface area contributed by atoms with Crippen LogP contribution < -0.4 is 0 Å². The van der Waals surface area contributed by atoms with E-state index >= 15 is 0 Å². The van der Waals surface area contributed by atoms with Crippen molar-refractivity contribution in [2.75, 3.05) is 0 Å². The Balaban J connectivity index is 1.79. The summed E-state index contributed by atoms with van der Waals surface area (Å²) in [5.74, 6) is 8.35. The molecule has 0 aromatic heterocycles. The Morgan fingerprint density at radius 1 is 0.964 bits per heavy atom. The molecular weight excluding hydrogens is 340 g/mol. The molecule has 9 unspecified atom stereocenters. The lowest BCUT2D eigenvalue weighted by Crippen LogP contribution is -2.55. The zero-order valence-electron chi connectivity index (χ0n) is 19.9. The van der Waals surface area contributed by atoms with Gasteiger partial charge in [-0.3, -0.25) is 4.79 Å². The summed E-state index contributed by atoms with van der Waals surface area (Å²) in [7, 11) is 0. The fourth-order valence-corrected chi connectivity index (χ4v) is 9.83. The van der Waals surface area contributed by atoms with Crippen LogP contribution in [0.4, 0.5) is 0 Å². The zero-order valence-corrected chi connectivity index (χ0v) is 19.9. The fraction of sp³-hybridized carbons (Fsp3) is 0.889. The predicted molar refractivity (Wildman–Crippen MR) is 118 cm³/mol. The predicted octanol–water partition coefficient (Wildman–Crippen LogP) is 7.02. The van der Waals surface area contributed by atoms with Crippen LogP contribution >= 0.6 is 0 Å². The van der Waals surface area contributed by atoms with Gasteiger partial charge >= 0.3 is 0 Å². The molecule has 0 radical (unpaired) electrons. The largest absolute Gasteiger partial charge is 0.294 e. The summed E-state index contributed by atoms with van der Waals surface area (Å²) in [4.78, 5) is 12.9. The van der Waals surface area contributed by atoms with Crippen LogP contribution in [0.1, 0.15) is 81.6 Å². The van der Waals surface area contributed by atoms with E-state index < -0.39 is 0 Å². The summed E-state index contributed by atoms with van der Waals surface area (Å²) in [6, 6.07) is 0. The maximum atomic E-state index is 12.9. The van der Waals surface area contributed by atoms with Crippen LogP contribution in [0.3, 0.4) is 0 Å². The Bertz CT molecular complexity index is 686. The zero-order chi connectivity index (χ0) is 20.7. The van der Waals surface area contributed by atoms with E-state index in [1.165, 1.54) is 19.3 Å². The average Bonchev–Trinajstić information content (AvgIpc) is 2.87. The molecule has 4 aliphatic rings. The highest BCUT2D eigenvalue weighted by atomic mass is 16.1. The van der Waals surface area contributed by atoms with Gasteiger partial charge in [-0.2, -0.15) is 0 Å². The molecule has 0 spiro atoms. The SMILES string of the molecule is CC1=C2C[C@@H](C)C3C(C(C)CC4(C)C3CC(C)[C@@H]4C(C)C)C2C(C)C(C)C1=O. The highest BCUT2D eigenvalue weighted by Crippen LogP contribution is 2.69. The van der Waals surface area contributed by atoms with Crippen LogP contribution in [0.2, 0.25) is 0 Å². The number of hydrogen-bond donors (Lipinski definition) is 0. The Labute approximate surface area is 174 Å². The molecule has 0 heterocycles. The van der Waals surface area contributed by atoms with Crippen molar-refractivity contribution in [3.8, 4) is 0 Å². The first-order valence-corrected chi connectivity index (χ1v) is 12.2. The third-order valence-corrected chi connectivity index (χ3v) is 10.5. The monoisotopic (exact) mass is 384 g/mol. The Morgan fingerprint density at radius 2 is 1.61 bits per heavy atom. The number of fused-ring (bicyclic) bond motifs is 5. The molecule has 28 heavy (non-hydrogen) atoms. The summed E-state index contributed by atoms with van der Waals surface area (Å²) in [6.07, 6.45) is 4.02.